The lowest BCUT2D eigenvalue weighted by molar-refractivity contribution is 0.153. The lowest BCUT2D eigenvalue weighted by Gasteiger charge is -2.13. The van der Waals surface area contributed by atoms with E-state index in [2.05, 4.69) is 17.2 Å². The van der Waals surface area contributed by atoms with E-state index in [1.165, 1.54) is 0 Å². The lowest BCUT2D eigenvalue weighted by Crippen LogP contribution is -2.28. The van der Waals surface area contributed by atoms with Gasteiger partial charge in [-0.3, -0.25) is 0 Å². The predicted molar refractivity (Wildman–Crippen MR) is 57.9 cm³/mol. The van der Waals surface area contributed by atoms with Crippen molar-refractivity contribution in [3.63, 3.8) is 0 Å². The maximum atomic E-state index is 9.02. The van der Waals surface area contributed by atoms with Gasteiger partial charge >= 0.3 is 0 Å². The molecule has 0 fully saturated rings. The Bertz CT molecular complexity index is 265. The zero-order chi connectivity index (χ0) is 10.4. The molecule has 1 aromatic heterocycles. The van der Waals surface area contributed by atoms with Crippen LogP contribution in [0.5, 0.6) is 0 Å². The number of nitrogens with zero attached hydrogens (tertiary/aromatic N) is 1. The Morgan fingerprint density at radius 3 is 3.00 bits per heavy atom. The molecule has 1 unspecified atom stereocenters. The fourth-order valence-electron chi connectivity index (χ4n) is 1.05. The standard InChI is InChI=1S/C9H16N2O2S/c1-3-7-6-14-9(10-7)11-8(4-12)5-13-2/h6,8,12H,3-5H2,1-2H3,(H,10,11). The highest BCUT2D eigenvalue weighted by Gasteiger charge is 2.08. The molecule has 0 saturated carbocycles. The van der Waals surface area contributed by atoms with Gasteiger partial charge in [-0.25, -0.2) is 4.98 Å². The Balaban J connectivity index is 2.48. The molecular weight excluding hydrogens is 200 g/mol. The summed E-state index contributed by atoms with van der Waals surface area (Å²) in [6, 6.07) is -0.0733. The number of nitrogens with one attached hydrogen (secondary N) is 1. The predicted octanol–water partition coefficient (Wildman–Crippen LogP) is 1.12. The van der Waals surface area contributed by atoms with Gasteiger partial charge in [-0.05, 0) is 6.42 Å². The van der Waals surface area contributed by atoms with Gasteiger partial charge in [-0.1, -0.05) is 6.92 Å². The molecule has 14 heavy (non-hydrogen) atoms. The molecule has 0 saturated heterocycles. The number of methoxy groups -OCH3 is 1. The van der Waals surface area contributed by atoms with Gasteiger partial charge in [0.15, 0.2) is 5.13 Å². The molecule has 0 aromatic carbocycles. The van der Waals surface area contributed by atoms with Crippen molar-refractivity contribution in [1.29, 1.82) is 0 Å². The molecule has 4 nitrogen and oxygen atoms in total. The van der Waals surface area contributed by atoms with Gasteiger partial charge in [0, 0.05) is 12.5 Å². The van der Waals surface area contributed by atoms with Crippen molar-refractivity contribution in [2.45, 2.75) is 19.4 Å². The Kier molecular flexibility index (Phi) is 4.86. The molecule has 0 aliphatic heterocycles. The normalized spacial score (nSPS) is 12.8. The summed E-state index contributed by atoms with van der Waals surface area (Å²) < 4.78 is 4.95. The number of aliphatic hydroxyl groups excluding tert-OH is 1. The van der Waals surface area contributed by atoms with Crippen LogP contribution < -0.4 is 5.32 Å². The van der Waals surface area contributed by atoms with E-state index >= 15 is 0 Å². The van der Waals surface area contributed by atoms with Gasteiger partial charge in [-0.15, -0.1) is 11.3 Å². The Labute approximate surface area is 87.9 Å². The van der Waals surface area contributed by atoms with Crippen molar-refractivity contribution >= 4 is 16.5 Å². The number of ether oxygens (including phenoxy) is 1. The molecule has 5 heteroatoms. The lowest BCUT2D eigenvalue weighted by atomic mass is 10.3. The zero-order valence-electron chi connectivity index (χ0n) is 8.49. The topological polar surface area (TPSA) is 54.4 Å². The molecule has 80 valence electrons. The highest BCUT2D eigenvalue weighted by molar-refractivity contribution is 7.13. The largest absolute Gasteiger partial charge is 0.394 e. The van der Waals surface area contributed by atoms with Crippen LogP contribution in [0, 0.1) is 0 Å². The van der Waals surface area contributed by atoms with Crippen LogP contribution in [0.2, 0.25) is 0 Å². The van der Waals surface area contributed by atoms with Crippen molar-refractivity contribution in [1.82, 2.24) is 4.98 Å². The number of aromatic nitrogens is 1. The van der Waals surface area contributed by atoms with E-state index < -0.39 is 0 Å². The minimum absolute atomic E-state index is 0.0505. The second-order valence-electron chi connectivity index (χ2n) is 2.98. The highest BCUT2D eigenvalue weighted by atomic mass is 32.1. The van der Waals surface area contributed by atoms with Crippen LogP contribution in [0.25, 0.3) is 0 Å². The second-order valence-corrected chi connectivity index (χ2v) is 3.83. The molecule has 1 atom stereocenters. The van der Waals surface area contributed by atoms with Crippen molar-refractivity contribution in [2.24, 2.45) is 0 Å². The second kappa shape index (κ2) is 5.95. The molecule has 0 aliphatic carbocycles. The average molecular weight is 216 g/mol. The summed E-state index contributed by atoms with van der Waals surface area (Å²) in [5, 5.41) is 15.0. The maximum absolute atomic E-state index is 9.02. The highest BCUT2D eigenvalue weighted by Crippen LogP contribution is 2.16. The van der Waals surface area contributed by atoms with Crippen LogP contribution in [0.3, 0.4) is 0 Å². The smallest absolute Gasteiger partial charge is 0.183 e. The molecule has 0 amide bonds. The molecular formula is C9H16N2O2S. The van der Waals surface area contributed by atoms with Crippen LogP contribution in [0.4, 0.5) is 5.13 Å². The number of aryl methyl sites for hydroxylation is 1. The molecule has 2 N–H and O–H groups in total. The van der Waals surface area contributed by atoms with Crippen molar-refractivity contribution in [2.75, 3.05) is 25.6 Å². The average Bonchev–Trinajstić information content (AvgIpc) is 2.65. The van der Waals surface area contributed by atoms with Crippen LogP contribution in [-0.4, -0.2) is 36.5 Å². The molecule has 0 radical (unpaired) electrons. The summed E-state index contributed by atoms with van der Waals surface area (Å²) in [7, 11) is 1.61. The van der Waals surface area contributed by atoms with E-state index in [1.54, 1.807) is 18.4 Å². The summed E-state index contributed by atoms with van der Waals surface area (Å²) in [5.41, 5.74) is 1.08. The van der Waals surface area contributed by atoms with Crippen LogP contribution in [0.15, 0.2) is 5.38 Å². The first kappa shape index (κ1) is 11.4. The first-order chi connectivity index (χ1) is 6.80. The number of hydrogen-bond donors (Lipinski definition) is 2. The molecule has 0 aliphatic rings. The summed E-state index contributed by atoms with van der Waals surface area (Å²) in [5.74, 6) is 0. The first-order valence-corrected chi connectivity index (χ1v) is 5.48. The molecule has 1 aromatic rings. The maximum Gasteiger partial charge on any atom is 0.183 e. The van der Waals surface area contributed by atoms with E-state index in [-0.39, 0.29) is 12.6 Å². The van der Waals surface area contributed by atoms with E-state index in [9.17, 15) is 0 Å². The number of rotatable bonds is 6. The van der Waals surface area contributed by atoms with Crippen LogP contribution >= 0.6 is 11.3 Å². The zero-order valence-corrected chi connectivity index (χ0v) is 9.30. The molecule has 0 spiro atoms. The molecule has 0 bridgehead atoms. The Morgan fingerprint density at radius 1 is 1.71 bits per heavy atom. The van der Waals surface area contributed by atoms with Crippen molar-refractivity contribution < 1.29 is 9.84 Å². The number of hydrogen-bond acceptors (Lipinski definition) is 5. The third-order valence-corrected chi connectivity index (χ3v) is 2.65. The number of anilines is 1. The summed E-state index contributed by atoms with van der Waals surface area (Å²) in [6.45, 7) is 2.60. The fourth-order valence-corrected chi connectivity index (χ4v) is 1.92. The quantitative estimate of drug-likeness (QED) is 0.748. The van der Waals surface area contributed by atoms with Gasteiger partial charge in [0.25, 0.3) is 0 Å². The minimum Gasteiger partial charge on any atom is -0.394 e. The van der Waals surface area contributed by atoms with Gasteiger partial charge < -0.3 is 15.2 Å². The van der Waals surface area contributed by atoms with Crippen LogP contribution in [-0.2, 0) is 11.2 Å². The number of thiazole rings is 1. The first-order valence-electron chi connectivity index (χ1n) is 4.60. The fraction of sp³-hybridized carbons (Fsp3) is 0.667. The summed E-state index contributed by atoms with van der Waals surface area (Å²) in [4.78, 5) is 4.34. The van der Waals surface area contributed by atoms with Crippen molar-refractivity contribution in [3.8, 4) is 0 Å². The van der Waals surface area contributed by atoms with E-state index in [1.807, 2.05) is 5.38 Å². The number of aliphatic hydroxyl groups is 1. The summed E-state index contributed by atoms with van der Waals surface area (Å²) in [6.07, 6.45) is 0.937. The Morgan fingerprint density at radius 2 is 2.50 bits per heavy atom. The van der Waals surface area contributed by atoms with Crippen LogP contribution in [0.1, 0.15) is 12.6 Å². The van der Waals surface area contributed by atoms with E-state index in [0.29, 0.717) is 6.61 Å². The summed E-state index contributed by atoms with van der Waals surface area (Å²) >= 11 is 1.55. The molecule has 1 rings (SSSR count). The Hall–Kier alpha value is -0.650. The van der Waals surface area contributed by atoms with Gasteiger partial charge in [0.2, 0.25) is 0 Å². The van der Waals surface area contributed by atoms with Gasteiger partial charge in [-0.2, -0.15) is 0 Å². The minimum atomic E-state index is -0.0733. The van der Waals surface area contributed by atoms with Crippen molar-refractivity contribution in [3.05, 3.63) is 11.1 Å². The van der Waals surface area contributed by atoms with Gasteiger partial charge in [0.05, 0.1) is 24.9 Å². The van der Waals surface area contributed by atoms with E-state index in [0.717, 1.165) is 17.2 Å². The van der Waals surface area contributed by atoms with Gasteiger partial charge in [0.1, 0.15) is 0 Å². The SMILES string of the molecule is CCc1csc(NC(CO)COC)n1. The molecule has 1 heterocycles. The monoisotopic (exact) mass is 216 g/mol. The third-order valence-electron chi connectivity index (χ3n) is 1.83. The van der Waals surface area contributed by atoms with E-state index in [4.69, 9.17) is 9.84 Å². The third kappa shape index (κ3) is 3.25.